The first-order chi connectivity index (χ1) is 15.0. The normalized spacial score (nSPS) is 19.4. The van der Waals surface area contributed by atoms with Crippen LogP contribution in [-0.4, -0.2) is 63.9 Å². The molecule has 0 aromatic carbocycles. The van der Waals surface area contributed by atoms with Gasteiger partial charge in [-0.15, -0.1) is 0 Å². The molecule has 2 aromatic heterocycles. The maximum absolute atomic E-state index is 14.6. The molecule has 0 unspecified atom stereocenters. The first-order valence-electron chi connectivity index (χ1n) is 9.70. The molecular formula is C20H23FN8O2. The van der Waals surface area contributed by atoms with Crippen LogP contribution in [0.1, 0.15) is 18.9 Å². The van der Waals surface area contributed by atoms with Gasteiger partial charge in [-0.3, -0.25) is 9.79 Å². The van der Waals surface area contributed by atoms with E-state index in [0.717, 1.165) is 0 Å². The molecule has 3 rings (SSSR count). The van der Waals surface area contributed by atoms with Crippen LogP contribution in [0.15, 0.2) is 35.7 Å². The summed E-state index contributed by atoms with van der Waals surface area (Å²) in [6.45, 7) is 6.21. The summed E-state index contributed by atoms with van der Waals surface area (Å²) < 4.78 is 20.5. The minimum absolute atomic E-state index is 0.0228. The van der Waals surface area contributed by atoms with Gasteiger partial charge in [-0.25, -0.2) is 4.39 Å². The number of carbonyl (C=O) groups excluding carboxylic acids is 1. The number of fused-ring (bicyclic) bond motifs is 1. The predicted molar refractivity (Wildman–Crippen MR) is 114 cm³/mol. The highest BCUT2D eigenvalue weighted by atomic mass is 19.1. The molecule has 3 heterocycles. The number of aliphatic imine (C=N–C) groups is 1. The average molecular weight is 426 g/mol. The molecule has 0 saturated carbocycles. The van der Waals surface area contributed by atoms with Crippen molar-refractivity contribution in [3.8, 4) is 11.9 Å². The van der Waals surface area contributed by atoms with E-state index in [2.05, 4.69) is 31.8 Å². The zero-order valence-corrected chi connectivity index (χ0v) is 17.0. The van der Waals surface area contributed by atoms with Gasteiger partial charge in [0, 0.05) is 31.7 Å². The Bertz CT molecular complexity index is 1070. The molecule has 10 nitrogen and oxygen atoms in total. The van der Waals surface area contributed by atoms with E-state index < -0.39 is 12.3 Å². The van der Waals surface area contributed by atoms with Gasteiger partial charge >= 0.3 is 0 Å². The van der Waals surface area contributed by atoms with Crippen LogP contribution in [0, 0.1) is 11.3 Å². The van der Waals surface area contributed by atoms with Gasteiger partial charge in [0.2, 0.25) is 17.7 Å². The minimum atomic E-state index is -1.31. The van der Waals surface area contributed by atoms with Crippen LogP contribution >= 0.6 is 0 Å². The number of allylic oxidation sites excluding steroid dienone is 1. The van der Waals surface area contributed by atoms with Crippen molar-refractivity contribution in [2.24, 2.45) is 10.7 Å². The zero-order chi connectivity index (χ0) is 22.4. The van der Waals surface area contributed by atoms with Crippen LogP contribution in [0.25, 0.3) is 11.0 Å². The molecule has 4 N–H and O–H groups in total. The molecule has 0 bridgehead atoms. The number of alkyl halides is 1. The quantitative estimate of drug-likeness (QED) is 0.451. The SMILES string of the molecule is C=CC(=O)N1CC[C@@H](F)[C@H](Oc2nc(NC(C=NCC)=CN)nc3[nH]cc(C#N)c23)C1. The highest BCUT2D eigenvalue weighted by Gasteiger charge is 2.33. The average Bonchev–Trinajstić information content (AvgIpc) is 3.20. The lowest BCUT2D eigenvalue weighted by atomic mass is 10.1. The largest absolute Gasteiger partial charge is 0.469 e. The number of nitrogens with one attached hydrogen (secondary N) is 2. The number of carbonyl (C=O) groups is 1. The molecule has 1 aliphatic heterocycles. The number of aromatic amines is 1. The Labute approximate surface area is 178 Å². The third-order valence-electron chi connectivity index (χ3n) is 4.70. The Kier molecular flexibility index (Phi) is 6.81. The van der Waals surface area contributed by atoms with Gasteiger partial charge in [0.25, 0.3) is 0 Å². The topological polar surface area (TPSA) is 145 Å². The fraction of sp³-hybridized carbons (Fsp3) is 0.350. The van der Waals surface area contributed by atoms with E-state index >= 15 is 0 Å². The van der Waals surface area contributed by atoms with Gasteiger partial charge in [-0.1, -0.05) is 6.58 Å². The van der Waals surface area contributed by atoms with E-state index in [1.807, 2.05) is 13.0 Å². The summed E-state index contributed by atoms with van der Waals surface area (Å²) in [5.41, 5.74) is 6.65. The fourth-order valence-corrected chi connectivity index (χ4v) is 3.14. The number of halogens is 1. The molecule has 162 valence electrons. The van der Waals surface area contributed by atoms with Crippen LogP contribution in [0.4, 0.5) is 10.3 Å². The molecule has 11 heteroatoms. The van der Waals surface area contributed by atoms with Crippen molar-refractivity contribution >= 4 is 29.1 Å². The monoisotopic (exact) mass is 426 g/mol. The molecule has 0 radical (unpaired) electrons. The molecule has 0 spiro atoms. The van der Waals surface area contributed by atoms with E-state index in [-0.39, 0.29) is 42.8 Å². The number of nitrogens with zero attached hydrogens (tertiary/aromatic N) is 5. The number of anilines is 1. The number of nitriles is 1. The summed E-state index contributed by atoms with van der Waals surface area (Å²) in [7, 11) is 0. The van der Waals surface area contributed by atoms with Crippen LogP contribution in [0.2, 0.25) is 0 Å². The number of piperidine rings is 1. The van der Waals surface area contributed by atoms with Crippen LogP contribution in [-0.2, 0) is 4.79 Å². The summed E-state index contributed by atoms with van der Waals surface area (Å²) in [6.07, 6.45) is 3.33. The number of aromatic nitrogens is 3. The summed E-state index contributed by atoms with van der Waals surface area (Å²) in [5.74, 6) is -0.157. The van der Waals surface area contributed by atoms with Crippen molar-refractivity contribution in [3.63, 3.8) is 0 Å². The van der Waals surface area contributed by atoms with Crippen molar-refractivity contribution < 1.29 is 13.9 Å². The highest BCUT2D eigenvalue weighted by Crippen LogP contribution is 2.30. The second-order valence-corrected chi connectivity index (χ2v) is 6.71. The number of likely N-dealkylation sites (tertiary alicyclic amines) is 1. The van der Waals surface area contributed by atoms with Crippen molar-refractivity contribution in [3.05, 3.63) is 36.3 Å². The Morgan fingerprint density at radius 1 is 1.61 bits per heavy atom. The lowest BCUT2D eigenvalue weighted by Gasteiger charge is -2.34. The number of H-pyrrole nitrogens is 1. The number of rotatable bonds is 7. The highest BCUT2D eigenvalue weighted by molar-refractivity contribution is 5.89. The maximum Gasteiger partial charge on any atom is 0.246 e. The summed E-state index contributed by atoms with van der Waals surface area (Å²) in [6, 6.07) is 2.04. The van der Waals surface area contributed by atoms with Gasteiger partial charge in [0.15, 0.2) is 0 Å². The lowest BCUT2D eigenvalue weighted by molar-refractivity contribution is -0.130. The molecule has 1 amide bonds. The van der Waals surface area contributed by atoms with Gasteiger partial charge < -0.3 is 25.7 Å². The third kappa shape index (κ3) is 4.80. The molecule has 1 aliphatic rings. The summed E-state index contributed by atoms with van der Waals surface area (Å²) in [5, 5.41) is 12.7. The smallest absolute Gasteiger partial charge is 0.246 e. The van der Waals surface area contributed by atoms with E-state index in [4.69, 9.17) is 10.5 Å². The Balaban J connectivity index is 1.96. The summed E-state index contributed by atoms with van der Waals surface area (Å²) >= 11 is 0. The molecule has 2 atom stereocenters. The van der Waals surface area contributed by atoms with E-state index in [1.54, 1.807) is 0 Å². The summed E-state index contributed by atoms with van der Waals surface area (Å²) in [4.78, 5) is 29.1. The minimum Gasteiger partial charge on any atom is -0.469 e. The lowest BCUT2D eigenvalue weighted by Crippen LogP contribution is -2.49. The van der Waals surface area contributed by atoms with Crippen molar-refractivity contribution in [1.29, 1.82) is 5.26 Å². The molecule has 0 aliphatic carbocycles. The third-order valence-corrected chi connectivity index (χ3v) is 4.70. The first-order valence-corrected chi connectivity index (χ1v) is 9.70. The Morgan fingerprint density at radius 2 is 2.42 bits per heavy atom. The molecule has 1 saturated heterocycles. The van der Waals surface area contributed by atoms with Crippen LogP contribution in [0.3, 0.4) is 0 Å². The number of hydrogen-bond donors (Lipinski definition) is 3. The molecule has 1 fully saturated rings. The Morgan fingerprint density at radius 3 is 3.10 bits per heavy atom. The molecule has 31 heavy (non-hydrogen) atoms. The van der Waals surface area contributed by atoms with Gasteiger partial charge in [0.1, 0.15) is 24.0 Å². The van der Waals surface area contributed by atoms with Gasteiger partial charge in [-0.2, -0.15) is 15.2 Å². The fourth-order valence-electron chi connectivity index (χ4n) is 3.14. The van der Waals surface area contributed by atoms with Gasteiger partial charge in [-0.05, 0) is 19.4 Å². The van der Waals surface area contributed by atoms with E-state index in [1.165, 1.54) is 29.6 Å². The van der Waals surface area contributed by atoms with Gasteiger partial charge in [0.05, 0.1) is 23.2 Å². The van der Waals surface area contributed by atoms with Crippen molar-refractivity contribution in [1.82, 2.24) is 19.9 Å². The van der Waals surface area contributed by atoms with E-state index in [9.17, 15) is 14.4 Å². The molecular weight excluding hydrogens is 403 g/mol. The second-order valence-electron chi connectivity index (χ2n) is 6.71. The number of ether oxygens (including phenoxy) is 1. The number of nitrogens with two attached hydrogens (primary N) is 1. The maximum atomic E-state index is 14.6. The van der Waals surface area contributed by atoms with E-state index in [0.29, 0.717) is 23.3 Å². The van der Waals surface area contributed by atoms with Crippen molar-refractivity contribution in [2.75, 3.05) is 25.0 Å². The Hall–Kier alpha value is -3.94. The molecule has 2 aromatic rings. The first kappa shape index (κ1) is 21.8. The van der Waals surface area contributed by atoms with Crippen LogP contribution < -0.4 is 15.8 Å². The number of hydrogen-bond acceptors (Lipinski definition) is 8. The van der Waals surface area contributed by atoms with Crippen molar-refractivity contribution in [2.45, 2.75) is 25.6 Å². The van der Waals surface area contributed by atoms with Crippen LogP contribution in [0.5, 0.6) is 5.88 Å². The number of amides is 1. The second kappa shape index (κ2) is 9.71. The standard InChI is InChI=1S/C20H23FN8O2/c1-3-16(30)29-6-5-14(21)15(11-29)31-19-17-12(7-22)9-25-18(17)27-20(28-19)26-13(8-23)10-24-4-2/h3,8-10,14-15H,1,4-6,11,23H2,2H3,(H2,25,26,27,28)/t14-,15-/m1/s1. The zero-order valence-electron chi connectivity index (χ0n) is 17.0. The predicted octanol–water partition coefficient (Wildman–Crippen LogP) is 1.64.